The second-order valence-corrected chi connectivity index (χ2v) is 7.88. The quantitative estimate of drug-likeness (QED) is 0.846. The van der Waals surface area contributed by atoms with E-state index in [0.717, 1.165) is 62.0 Å². The van der Waals surface area contributed by atoms with Crippen molar-refractivity contribution in [3.05, 3.63) is 39.3 Å². The van der Waals surface area contributed by atoms with Crippen molar-refractivity contribution in [3.8, 4) is 0 Å². The Morgan fingerprint density at radius 1 is 1.20 bits per heavy atom. The second kappa shape index (κ2) is 6.84. The standard InChI is InChI=1S/C19H24N4OS/c1-3-22-6-8-23(9-7-22)19-20-13(2)18-15(21-19)11-14(12-16(18)24)17-5-4-10-25-17/h4-5,10,14H,3,6-9,11-12H2,1-2H3/t14-/m0/s1. The molecule has 1 aliphatic carbocycles. The number of anilines is 1. The highest BCUT2D eigenvalue weighted by atomic mass is 32.1. The van der Waals surface area contributed by atoms with E-state index in [9.17, 15) is 4.79 Å². The van der Waals surface area contributed by atoms with E-state index in [1.165, 1.54) is 4.88 Å². The van der Waals surface area contributed by atoms with Crippen molar-refractivity contribution < 1.29 is 4.79 Å². The van der Waals surface area contributed by atoms with Crippen LogP contribution < -0.4 is 4.90 Å². The van der Waals surface area contributed by atoms with Gasteiger partial charge < -0.3 is 9.80 Å². The van der Waals surface area contributed by atoms with E-state index in [-0.39, 0.29) is 11.7 Å². The maximum absolute atomic E-state index is 12.7. The summed E-state index contributed by atoms with van der Waals surface area (Å²) < 4.78 is 0. The van der Waals surface area contributed by atoms with Crippen molar-refractivity contribution in [3.63, 3.8) is 0 Å². The topological polar surface area (TPSA) is 49.3 Å². The van der Waals surface area contributed by atoms with Gasteiger partial charge in [0.25, 0.3) is 0 Å². The van der Waals surface area contributed by atoms with Gasteiger partial charge in [0.15, 0.2) is 5.78 Å². The van der Waals surface area contributed by atoms with Crippen molar-refractivity contribution >= 4 is 23.1 Å². The van der Waals surface area contributed by atoms with Gasteiger partial charge in [-0.25, -0.2) is 9.97 Å². The average Bonchev–Trinajstić information content (AvgIpc) is 3.16. The third-order valence-corrected chi connectivity index (χ3v) is 6.39. The van der Waals surface area contributed by atoms with Gasteiger partial charge in [-0.15, -0.1) is 11.3 Å². The molecule has 1 aliphatic heterocycles. The molecule has 2 aromatic rings. The molecule has 0 bridgehead atoms. The minimum atomic E-state index is 0.194. The average molecular weight is 356 g/mol. The van der Waals surface area contributed by atoms with Crippen LogP contribution in [-0.4, -0.2) is 53.4 Å². The summed E-state index contributed by atoms with van der Waals surface area (Å²) in [5, 5.41) is 2.08. The Morgan fingerprint density at radius 2 is 2.00 bits per heavy atom. The van der Waals surface area contributed by atoms with Crippen molar-refractivity contribution in [1.82, 2.24) is 14.9 Å². The van der Waals surface area contributed by atoms with Gasteiger partial charge >= 0.3 is 0 Å². The summed E-state index contributed by atoms with van der Waals surface area (Å²) in [4.78, 5) is 28.2. The first-order chi connectivity index (χ1) is 12.2. The van der Waals surface area contributed by atoms with E-state index in [1.807, 2.05) is 6.92 Å². The molecule has 0 saturated carbocycles. The fraction of sp³-hybridized carbons (Fsp3) is 0.526. The van der Waals surface area contributed by atoms with Gasteiger partial charge in [0.05, 0.1) is 17.0 Å². The molecular weight excluding hydrogens is 332 g/mol. The smallest absolute Gasteiger partial charge is 0.225 e. The van der Waals surface area contributed by atoms with Crippen molar-refractivity contribution in [1.29, 1.82) is 0 Å². The molecule has 0 unspecified atom stereocenters. The predicted molar refractivity (Wildman–Crippen MR) is 101 cm³/mol. The van der Waals surface area contributed by atoms with Crippen LogP contribution in [-0.2, 0) is 6.42 Å². The number of likely N-dealkylation sites (N-methyl/N-ethyl adjacent to an activating group) is 1. The number of fused-ring (bicyclic) bond motifs is 1. The molecule has 0 aromatic carbocycles. The highest BCUT2D eigenvalue weighted by molar-refractivity contribution is 7.10. The molecule has 5 nitrogen and oxygen atoms in total. The van der Waals surface area contributed by atoms with Gasteiger partial charge in [-0.2, -0.15) is 0 Å². The van der Waals surface area contributed by atoms with E-state index < -0.39 is 0 Å². The zero-order valence-electron chi connectivity index (χ0n) is 14.9. The first kappa shape index (κ1) is 16.7. The van der Waals surface area contributed by atoms with Gasteiger partial charge in [-0.05, 0) is 31.3 Å². The maximum Gasteiger partial charge on any atom is 0.225 e. The molecular formula is C19H24N4OS. The van der Waals surface area contributed by atoms with E-state index in [0.29, 0.717) is 6.42 Å². The number of thiophene rings is 1. The van der Waals surface area contributed by atoms with Gasteiger partial charge in [0, 0.05) is 43.4 Å². The largest absolute Gasteiger partial charge is 0.338 e. The zero-order valence-corrected chi connectivity index (χ0v) is 15.7. The van der Waals surface area contributed by atoms with Gasteiger partial charge in [0.1, 0.15) is 0 Å². The molecule has 2 aromatic heterocycles. The molecule has 0 spiro atoms. The molecule has 4 rings (SSSR count). The summed E-state index contributed by atoms with van der Waals surface area (Å²) in [5.41, 5.74) is 2.55. The van der Waals surface area contributed by atoms with E-state index in [4.69, 9.17) is 4.98 Å². The van der Waals surface area contributed by atoms with Crippen molar-refractivity contribution in [2.24, 2.45) is 0 Å². The molecule has 25 heavy (non-hydrogen) atoms. The number of ketones is 1. The molecule has 1 saturated heterocycles. The maximum atomic E-state index is 12.7. The monoisotopic (exact) mass is 356 g/mol. The Kier molecular flexibility index (Phi) is 4.56. The molecule has 0 N–H and O–H groups in total. The predicted octanol–water partition coefficient (Wildman–Crippen LogP) is 2.90. The molecule has 1 fully saturated rings. The lowest BCUT2D eigenvalue weighted by Crippen LogP contribution is -2.47. The summed E-state index contributed by atoms with van der Waals surface area (Å²) in [7, 11) is 0. The van der Waals surface area contributed by atoms with Crippen molar-refractivity contribution in [2.45, 2.75) is 32.6 Å². The van der Waals surface area contributed by atoms with Crippen LogP contribution in [0.4, 0.5) is 5.95 Å². The number of nitrogens with zero attached hydrogens (tertiary/aromatic N) is 4. The number of aryl methyl sites for hydroxylation is 1. The highest BCUT2D eigenvalue weighted by Gasteiger charge is 2.31. The number of hydrogen-bond donors (Lipinski definition) is 0. The Morgan fingerprint density at radius 3 is 2.68 bits per heavy atom. The second-order valence-electron chi connectivity index (χ2n) is 6.90. The van der Waals surface area contributed by atoms with Crippen molar-refractivity contribution in [2.75, 3.05) is 37.6 Å². The Hall–Kier alpha value is -1.79. The number of carbonyl (C=O) groups is 1. The Bertz CT molecular complexity index is 766. The molecule has 0 amide bonds. The summed E-state index contributed by atoms with van der Waals surface area (Å²) in [6.07, 6.45) is 1.42. The number of hydrogen-bond acceptors (Lipinski definition) is 6. The van der Waals surface area contributed by atoms with Gasteiger partial charge in [-0.3, -0.25) is 4.79 Å². The molecule has 6 heteroatoms. The van der Waals surface area contributed by atoms with Crippen LogP contribution in [0.2, 0.25) is 0 Å². The van der Waals surface area contributed by atoms with Gasteiger partial charge in [-0.1, -0.05) is 13.0 Å². The van der Waals surface area contributed by atoms with E-state index in [2.05, 4.69) is 39.2 Å². The first-order valence-electron chi connectivity index (χ1n) is 9.07. The fourth-order valence-corrected chi connectivity index (χ4v) is 4.72. The number of piperazine rings is 1. The lowest BCUT2D eigenvalue weighted by molar-refractivity contribution is 0.0962. The van der Waals surface area contributed by atoms with E-state index >= 15 is 0 Å². The first-order valence-corrected chi connectivity index (χ1v) is 9.95. The molecule has 3 heterocycles. The molecule has 1 atom stereocenters. The molecule has 2 aliphatic rings. The number of Topliss-reactive ketones (excluding diaryl/α,β-unsaturated/α-hetero) is 1. The Labute approximate surface area is 152 Å². The lowest BCUT2D eigenvalue weighted by atomic mass is 9.84. The minimum Gasteiger partial charge on any atom is -0.338 e. The lowest BCUT2D eigenvalue weighted by Gasteiger charge is -2.34. The van der Waals surface area contributed by atoms with Crippen LogP contribution in [0.25, 0.3) is 0 Å². The van der Waals surface area contributed by atoms with Gasteiger partial charge in [0.2, 0.25) is 5.95 Å². The van der Waals surface area contributed by atoms with Crippen LogP contribution in [0, 0.1) is 6.92 Å². The number of carbonyl (C=O) groups excluding carboxylic acids is 1. The molecule has 132 valence electrons. The summed E-state index contributed by atoms with van der Waals surface area (Å²) in [6, 6.07) is 4.19. The van der Waals surface area contributed by atoms with Crippen LogP contribution in [0.1, 0.15) is 45.9 Å². The summed E-state index contributed by atoms with van der Waals surface area (Å²) >= 11 is 1.73. The normalized spacial score (nSPS) is 21.4. The number of aromatic nitrogens is 2. The SMILES string of the molecule is CCN1CCN(c2nc(C)c3c(n2)C[C@H](c2cccs2)CC3=O)CC1. The third kappa shape index (κ3) is 3.20. The fourth-order valence-electron chi connectivity index (χ4n) is 3.89. The van der Waals surface area contributed by atoms with Crippen LogP contribution in [0.3, 0.4) is 0 Å². The van der Waals surface area contributed by atoms with Crippen LogP contribution in [0.5, 0.6) is 0 Å². The third-order valence-electron chi connectivity index (χ3n) is 5.35. The van der Waals surface area contributed by atoms with Crippen LogP contribution >= 0.6 is 11.3 Å². The zero-order chi connectivity index (χ0) is 17.4. The summed E-state index contributed by atoms with van der Waals surface area (Å²) in [6.45, 7) is 9.25. The van der Waals surface area contributed by atoms with Crippen LogP contribution in [0.15, 0.2) is 17.5 Å². The van der Waals surface area contributed by atoms with E-state index in [1.54, 1.807) is 11.3 Å². The highest BCUT2D eigenvalue weighted by Crippen LogP contribution is 2.35. The minimum absolute atomic E-state index is 0.194. The Balaban J connectivity index is 1.62. The number of rotatable bonds is 3. The summed E-state index contributed by atoms with van der Waals surface area (Å²) in [5.74, 6) is 1.25. The molecule has 0 radical (unpaired) electrons.